The average Bonchev–Trinajstić information content (AvgIpc) is 2.44. The van der Waals surface area contributed by atoms with Gasteiger partial charge in [-0.25, -0.2) is 0 Å². The van der Waals surface area contributed by atoms with Crippen LogP contribution in [0.25, 0.3) is 0 Å². The smallest absolute Gasteiger partial charge is 0.123 e. The Kier molecular flexibility index (Phi) is 7.59. The van der Waals surface area contributed by atoms with Gasteiger partial charge in [0.2, 0.25) is 0 Å². The number of hydrogen-bond donors (Lipinski definition) is 1. The maximum Gasteiger partial charge on any atom is 0.123 e. The van der Waals surface area contributed by atoms with Crippen LogP contribution in [0.3, 0.4) is 0 Å². The van der Waals surface area contributed by atoms with Gasteiger partial charge >= 0.3 is 0 Å². The lowest BCUT2D eigenvalue weighted by Gasteiger charge is -2.24. The SMILES string of the molecule is COCCN(Cc1ccc(CN)c(OC)c1)CC(C)C. The van der Waals surface area contributed by atoms with Gasteiger partial charge in [-0.05, 0) is 17.5 Å². The maximum atomic E-state index is 5.70. The molecule has 0 heterocycles. The molecule has 114 valence electrons. The van der Waals surface area contributed by atoms with Gasteiger partial charge in [-0.2, -0.15) is 0 Å². The fraction of sp³-hybridized carbons (Fsp3) is 0.625. The first-order valence-corrected chi connectivity index (χ1v) is 7.17. The predicted molar refractivity (Wildman–Crippen MR) is 82.9 cm³/mol. The lowest BCUT2D eigenvalue weighted by Crippen LogP contribution is -2.30. The largest absolute Gasteiger partial charge is 0.496 e. The average molecular weight is 280 g/mol. The van der Waals surface area contributed by atoms with Crippen molar-refractivity contribution in [3.05, 3.63) is 29.3 Å². The van der Waals surface area contributed by atoms with Crippen LogP contribution in [0.15, 0.2) is 18.2 Å². The van der Waals surface area contributed by atoms with Crippen LogP contribution in [0.5, 0.6) is 5.75 Å². The summed E-state index contributed by atoms with van der Waals surface area (Å²) in [6.07, 6.45) is 0. The van der Waals surface area contributed by atoms with Gasteiger partial charge < -0.3 is 15.2 Å². The Hall–Kier alpha value is -1.10. The van der Waals surface area contributed by atoms with Gasteiger partial charge in [-0.3, -0.25) is 4.90 Å². The molecule has 1 aromatic carbocycles. The lowest BCUT2D eigenvalue weighted by atomic mass is 10.1. The molecule has 2 N–H and O–H groups in total. The van der Waals surface area contributed by atoms with E-state index in [1.165, 1.54) is 5.56 Å². The first kappa shape index (κ1) is 17.0. The molecule has 20 heavy (non-hydrogen) atoms. The quantitative estimate of drug-likeness (QED) is 0.754. The molecule has 4 nitrogen and oxygen atoms in total. The van der Waals surface area contributed by atoms with Crippen LogP contribution < -0.4 is 10.5 Å². The summed E-state index contributed by atoms with van der Waals surface area (Å²) in [5.74, 6) is 1.51. The van der Waals surface area contributed by atoms with E-state index in [0.717, 1.165) is 37.6 Å². The Morgan fingerprint density at radius 2 is 2.00 bits per heavy atom. The molecule has 4 heteroatoms. The van der Waals surface area contributed by atoms with Gasteiger partial charge in [0.1, 0.15) is 5.75 Å². The number of rotatable bonds is 9. The molecule has 0 unspecified atom stereocenters. The minimum Gasteiger partial charge on any atom is -0.496 e. The number of methoxy groups -OCH3 is 2. The van der Waals surface area contributed by atoms with Crippen molar-refractivity contribution >= 4 is 0 Å². The van der Waals surface area contributed by atoms with Crippen molar-refractivity contribution in [3.8, 4) is 5.75 Å². The van der Waals surface area contributed by atoms with Crippen molar-refractivity contribution in [2.45, 2.75) is 26.9 Å². The van der Waals surface area contributed by atoms with Crippen LogP contribution in [-0.2, 0) is 17.8 Å². The highest BCUT2D eigenvalue weighted by molar-refractivity contribution is 5.37. The number of benzene rings is 1. The topological polar surface area (TPSA) is 47.7 Å². The normalized spacial score (nSPS) is 11.3. The summed E-state index contributed by atoms with van der Waals surface area (Å²) in [6.45, 7) is 8.63. The number of ether oxygens (including phenoxy) is 2. The summed E-state index contributed by atoms with van der Waals surface area (Å²) in [7, 11) is 3.43. The maximum absolute atomic E-state index is 5.70. The molecule has 0 fully saturated rings. The Bertz CT molecular complexity index is 394. The highest BCUT2D eigenvalue weighted by atomic mass is 16.5. The highest BCUT2D eigenvalue weighted by Crippen LogP contribution is 2.21. The van der Waals surface area contributed by atoms with E-state index in [1.807, 2.05) is 0 Å². The van der Waals surface area contributed by atoms with E-state index >= 15 is 0 Å². The lowest BCUT2D eigenvalue weighted by molar-refractivity contribution is 0.136. The van der Waals surface area contributed by atoms with E-state index in [1.54, 1.807) is 14.2 Å². The molecule has 0 amide bonds. The minimum absolute atomic E-state index is 0.503. The van der Waals surface area contributed by atoms with Crippen molar-refractivity contribution in [1.82, 2.24) is 4.90 Å². The second-order valence-corrected chi connectivity index (χ2v) is 5.47. The third-order valence-electron chi connectivity index (χ3n) is 3.21. The molecule has 0 aliphatic rings. The Labute approximate surface area is 122 Å². The first-order valence-electron chi connectivity index (χ1n) is 7.17. The van der Waals surface area contributed by atoms with Crippen molar-refractivity contribution in [1.29, 1.82) is 0 Å². The number of nitrogens with two attached hydrogens (primary N) is 1. The predicted octanol–water partition coefficient (Wildman–Crippen LogP) is 2.26. The molecule has 0 saturated heterocycles. The standard InChI is InChI=1S/C16H28N2O2/c1-13(2)11-18(7-8-19-3)12-14-5-6-15(10-17)16(9-14)20-4/h5-6,9,13H,7-8,10-12,17H2,1-4H3. The van der Waals surface area contributed by atoms with Crippen LogP contribution >= 0.6 is 0 Å². The van der Waals surface area contributed by atoms with Gasteiger partial charge in [-0.1, -0.05) is 26.0 Å². The van der Waals surface area contributed by atoms with Crippen LogP contribution in [-0.4, -0.2) is 38.8 Å². The van der Waals surface area contributed by atoms with Gasteiger partial charge in [0.05, 0.1) is 13.7 Å². The van der Waals surface area contributed by atoms with E-state index in [4.69, 9.17) is 15.2 Å². The minimum atomic E-state index is 0.503. The van der Waals surface area contributed by atoms with Crippen molar-refractivity contribution in [3.63, 3.8) is 0 Å². The van der Waals surface area contributed by atoms with E-state index in [-0.39, 0.29) is 0 Å². The van der Waals surface area contributed by atoms with Crippen LogP contribution in [0.1, 0.15) is 25.0 Å². The summed E-state index contributed by atoms with van der Waals surface area (Å²) < 4.78 is 10.6. The summed E-state index contributed by atoms with van der Waals surface area (Å²) in [6, 6.07) is 6.27. The van der Waals surface area contributed by atoms with Gasteiger partial charge in [-0.15, -0.1) is 0 Å². The molecule has 0 aliphatic heterocycles. The molecule has 0 spiro atoms. The second-order valence-electron chi connectivity index (χ2n) is 5.47. The Balaban J connectivity index is 2.76. The van der Waals surface area contributed by atoms with Crippen molar-refractivity contribution < 1.29 is 9.47 Å². The van der Waals surface area contributed by atoms with Gasteiger partial charge in [0.15, 0.2) is 0 Å². The zero-order chi connectivity index (χ0) is 15.0. The number of nitrogens with zero attached hydrogens (tertiary/aromatic N) is 1. The molecule has 0 aromatic heterocycles. The molecule has 0 bridgehead atoms. The van der Waals surface area contributed by atoms with Crippen LogP contribution in [0.2, 0.25) is 0 Å². The van der Waals surface area contributed by atoms with Crippen molar-refractivity contribution in [2.24, 2.45) is 11.7 Å². The molecule has 1 rings (SSSR count). The van der Waals surface area contributed by atoms with E-state index < -0.39 is 0 Å². The summed E-state index contributed by atoms with van der Waals surface area (Å²) >= 11 is 0. The molecular formula is C16H28N2O2. The van der Waals surface area contributed by atoms with E-state index in [0.29, 0.717) is 12.5 Å². The molecule has 1 aromatic rings. The molecule has 0 saturated carbocycles. The number of hydrogen-bond acceptors (Lipinski definition) is 4. The molecule has 0 radical (unpaired) electrons. The zero-order valence-corrected chi connectivity index (χ0v) is 13.2. The fourth-order valence-corrected chi connectivity index (χ4v) is 2.29. The molecular weight excluding hydrogens is 252 g/mol. The molecule has 0 atom stereocenters. The Morgan fingerprint density at radius 1 is 1.25 bits per heavy atom. The monoisotopic (exact) mass is 280 g/mol. The van der Waals surface area contributed by atoms with E-state index in [2.05, 4.69) is 36.9 Å². The fourth-order valence-electron chi connectivity index (χ4n) is 2.29. The van der Waals surface area contributed by atoms with Crippen LogP contribution in [0, 0.1) is 5.92 Å². The first-order chi connectivity index (χ1) is 9.60. The van der Waals surface area contributed by atoms with Gasteiger partial charge in [0, 0.05) is 38.9 Å². The van der Waals surface area contributed by atoms with E-state index in [9.17, 15) is 0 Å². The Morgan fingerprint density at radius 3 is 2.55 bits per heavy atom. The third-order valence-corrected chi connectivity index (χ3v) is 3.21. The summed E-state index contributed by atoms with van der Waals surface area (Å²) in [5, 5.41) is 0. The van der Waals surface area contributed by atoms with Crippen molar-refractivity contribution in [2.75, 3.05) is 33.9 Å². The third kappa shape index (κ3) is 5.49. The van der Waals surface area contributed by atoms with Gasteiger partial charge in [0.25, 0.3) is 0 Å². The summed E-state index contributed by atoms with van der Waals surface area (Å²) in [5.41, 5.74) is 7.99. The summed E-state index contributed by atoms with van der Waals surface area (Å²) in [4.78, 5) is 2.41. The van der Waals surface area contributed by atoms with Crippen LogP contribution in [0.4, 0.5) is 0 Å². The highest BCUT2D eigenvalue weighted by Gasteiger charge is 2.10. The molecule has 0 aliphatic carbocycles. The zero-order valence-electron chi connectivity index (χ0n) is 13.2. The second kappa shape index (κ2) is 8.95.